The number of para-hydroxylation sites is 2. The van der Waals surface area contributed by atoms with Gasteiger partial charge in [0.2, 0.25) is 5.95 Å². The molecular weight excluding hydrogens is 480 g/mol. The second kappa shape index (κ2) is 9.34. The monoisotopic (exact) mass is 500 g/mol. The van der Waals surface area contributed by atoms with E-state index in [1.54, 1.807) is 13.3 Å². The number of methoxy groups -OCH3 is 1. The number of nitrogens with one attached hydrogen (secondary N) is 2. The predicted molar refractivity (Wildman–Crippen MR) is 136 cm³/mol. The molecule has 5 rings (SSSR count). The molecule has 0 fully saturated rings. The van der Waals surface area contributed by atoms with E-state index in [1.807, 2.05) is 54.6 Å². The lowest BCUT2D eigenvalue weighted by atomic mass is 10.1. The lowest BCUT2D eigenvalue weighted by Gasteiger charge is -2.14. The second-order valence-electron chi connectivity index (χ2n) is 7.43. The highest BCUT2D eigenvalue weighted by atomic mass is 79.9. The summed E-state index contributed by atoms with van der Waals surface area (Å²) in [6.07, 6.45) is 1.70. The summed E-state index contributed by atoms with van der Waals surface area (Å²) in [7, 11) is 1.63. The number of imidazole rings is 1. The Morgan fingerprint density at radius 2 is 1.85 bits per heavy atom. The van der Waals surface area contributed by atoms with Gasteiger partial charge in [-0.15, -0.1) is 0 Å². The van der Waals surface area contributed by atoms with Gasteiger partial charge in [-0.3, -0.25) is 0 Å². The van der Waals surface area contributed by atoms with Gasteiger partial charge in [0.15, 0.2) is 11.5 Å². The van der Waals surface area contributed by atoms with Crippen LogP contribution in [0.3, 0.4) is 0 Å². The fourth-order valence-corrected chi connectivity index (χ4v) is 4.27. The Balaban J connectivity index is 1.32. The molecule has 0 bridgehead atoms. The Kier molecular flexibility index (Phi) is 5.95. The maximum Gasteiger partial charge on any atom is 0.222 e. The van der Waals surface area contributed by atoms with Crippen LogP contribution in [0.4, 0.5) is 5.95 Å². The number of ether oxygens (including phenoxy) is 2. The van der Waals surface area contributed by atoms with Crippen molar-refractivity contribution in [3.8, 4) is 11.5 Å². The van der Waals surface area contributed by atoms with Crippen LogP contribution in [-0.4, -0.2) is 23.3 Å². The Morgan fingerprint density at radius 3 is 2.73 bits per heavy atom. The van der Waals surface area contributed by atoms with Crippen molar-refractivity contribution in [2.45, 2.75) is 6.61 Å². The minimum absolute atomic E-state index is 0.428. The molecule has 6 nitrogen and oxygen atoms in total. The van der Waals surface area contributed by atoms with Gasteiger partial charge in [0.1, 0.15) is 6.61 Å². The summed E-state index contributed by atoms with van der Waals surface area (Å²) in [6, 6.07) is 26.1. The van der Waals surface area contributed by atoms with Crippen LogP contribution in [0.15, 0.2) is 88.4 Å². The fourth-order valence-electron chi connectivity index (χ4n) is 3.70. The van der Waals surface area contributed by atoms with Gasteiger partial charge in [0, 0.05) is 0 Å². The molecule has 33 heavy (non-hydrogen) atoms. The summed E-state index contributed by atoms with van der Waals surface area (Å²) in [4.78, 5) is 7.63. The Morgan fingerprint density at radius 1 is 1.03 bits per heavy atom. The lowest BCUT2D eigenvalue weighted by molar-refractivity contribution is 0.283. The zero-order valence-electron chi connectivity index (χ0n) is 17.9. The first kappa shape index (κ1) is 21.0. The molecule has 0 saturated carbocycles. The number of hydrogen-bond acceptors (Lipinski definition) is 5. The fraction of sp³-hybridized carbons (Fsp3) is 0.0769. The number of hydrogen-bond donors (Lipinski definition) is 2. The number of benzene rings is 4. The summed E-state index contributed by atoms with van der Waals surface area (Å²) in [6.45, 7) is 0.428. The van der Waals surface area contributed by atoms with E-state index in [4.69, 9.17) is 9.47 Å². The summed E-state index contributed by atoms with van der Waals surface area (Å²) in [5, 5.41) is 6.66. The van der Waals surface area contributed by atoms with Gasteiger partial charge in [-0.1, -0.05) is 54.6 Å². The highest BCUT2D eigenvalue weighted by Crippen LogP contribution is 2.37. The zero-order chi connectivity index (χ0) is 22.6. The van der Waals surface area contributed by atoms with E-state index in [9.17, 15) is 0 Å². The van der Waals surface area contributed by atoms with E-state index < -0.39 is 0 Å². The van der Waals surface area contributed by atoms with Crippen LogP contribution < -0.4 is 14.9 Å². The molecule has 0 saturated heterocycles. The first-order valence-corrected chi connectivity index (χ1v) is 11.2. The van der Waals surface area contributed by atoms with E-state index in [1.165, 1.54) is 10.8 Å². The quantitative estimate of drug-likeness (QED) is 0.197. The zero-order valence-corrected chi connectivity index (χ0v) is 19.5. The van der Waals surface area contributed by atoms with E-state index in [0.717, 1.165) is 26.6 Å². The van der Waals surface area contributed by atoms with Crippen molar-refractivity contribution >= 4 is 49.9 Å². The summed E-state index contributed by atoms with van der Waals surface area (Å²) in [5.74, 6) is 1.84. The maximum absolute atomic E-state index is 6.17. The van der Waals surface area contributed by atoms with Gasteiger partial charge in [0.05, 0.1) is 28.8 Å². The average Bonchev–Trinajstić information content (AvgIpc) is 3.26. The van der Waals surface area contributed by atoms with E-state index in [-0.39, 0.29) is 0 Å². The first-order chi connectivity index (χ1) is 16.2. The number of H-pyrrole nitrogens is 1. The standard InChI is InChI=1S/C26H21BrN4O2/c1-32-24-14-17(15-28-31-26-29-22-11-4-5-12-23(22)30-26)13-21(27)25(24)33-16-19-9-6-8-18-7-2-3-10-20(18)19/h2-15H,16H2,1H3,(H2,29,30,31). The molecule has 0 amide bonds. The van der Waals surface area contributed by atoms with Gasteiger partial charge in [-0.2, -0.15) is 5.10 Å². The molecule has 0 aliphatic carbocycles. The van der Waals surface area contributed by atoms with Crippen molar-refractivity contribution in [1.82, 2.24) is 9.97 Å². The number of fused-ring (bicyclic) bond motifs is 2. The van der Waals surface area contributed by atoms with Gasteiger partial charge < -0.3 is 14.5 Å². The molecule has 0 atom stereocenters. The van der Waals surface area contributed by atoms with Crippen molar-refractivity contribution in [3.05, 3.63) is 94.5 Å². The molecule has 0 unspecified atom stereocenters. The molecule has 0 aliphatic rings. The van der Waals surface area contributed by atoms with Crippen LogP contribution in [0.2, 0.25) is 0 Å². The summed E-state index contributed by atoms with van der Waals surface area (Å²) in [5.41, 5.74) is 6.73. The van der Waals surface area contributed by atoms with Crippen LogP contribution >= 0.6 is 15.9 Å². The lowest BCUT2D eigenvalue weighted by Crippen LogP contribution is -2.00. The van der Waals surface area contributed by atoms with Crippen molar-refractivity contribution in [2.24, 2.45) is 5.10 Å². The summed E-state index contributed by atoms with van der Waals surface area (Å²) < 4.78 is 12.5. The van der Waals surface area contributed by atoms with Gasteiger partial charge in [-0.05, 0) is 62.1 Å². The maximum atomic E-state index is 6.17. The van der Waals surface area contributed by atoms with Crippen LogP contribution in [0.5, 0.6) is 11.5 Å². The Hall–Kier alpha value is -3.84. The summed E-state index contributed by atoms with van der Waals surface area (Å²) >= 11 is 3.62. The molecule has 0 aliphatic heterocycles. The Labute approximate surface area is 199 Å². The van der Waals surface area contributed by atoms with Crippen molar-refractivity contribution in [2.75, 3.05) is 12.5 Å². The highest BCUT2D eigenvalue weighted by molar-refractivity contribution is 9.10. The highest BCUT2D eigenvalue weighted by Gasteiger charge is 2.12. The molecule has 164 valence electrons. The molecule has 1 heterocycles. The molecular formula is C26H21BrN4O2. The molecule has 5 aromatic rings. The van der Waals surface area contributed by atoms with Gasteiger partial charge in [-0.25, -0.2) is 10.4 Å². The molecule has 0 spiro atoms. The van der Waals surface area contributed by atoms with Crippen LogP contribution in [0, 0.1) is 0 Å². The average molecular weight is 501 g/mol. The SMILES string of the molecule is COc1cc(C=NNc2nc3ccccc3[nH]2)cc(Br)c1OCc1cccc2ccccc12. The van der Waals surface area contributed by atoms with Crippen molar-refractivity contribution in [3.63, 3.8) is 0 Å². The van der Waals surface area contributed by atoms with Crippen molar-refractivity contribution < 1.29 is 9.47 Å². The molecule has 4 aromatic carbocycles. The third-order valence-corrected chi connectivity index (χ3v) is 5.87. The number of rotatable bonds is 7. The normalized spacial score (nSPS) is 11.3. The van der Waals surface area contributed by atoms with Crippen LogP contribution in [-0.2, 0) is 6.61 Å². The van der Waals surface area contributed by atoms with E-state index in [0.29, 0.717) is 24.1 Å². The minimum Gasteiger partial charge on any atom is -0.493 e. The number of hydrazone groups is 1. The predicted octanol–water partition coefficient (Wildman–Crippen LogP) is 6.51. The third-order valence-electron chi connectivity index (χ3n) is 5.28. The molecule has 2 N–H and O–H groups in total. The molecule has 7 heteroatoms. The number of anilines is 1. The number of halogens is 1. The smallest absolute Gasteiger partial charge is 0.222 e. The molecule has 0 radical (unpaired) electrons. The minimum atomic E-state index is 0.428. The van der Waals surface area contributed by atoms with Crippen molar-refractivity contribution in [1.29, 1.82) is 0 Å². The largest absolute Gasteiger partial charge is 0.493 e. The van der Waals surface area contributed by atoms with E-state index in [2.05, 4.69) is 60.7 Å². The van der Waals surface area contributed by atoms with Crippen LogP contribution in [0.25, 0.3) is 21.8 Å². The number of nitrogens with zero attached hydrogens (tertiary/aromatic N) is 2. The number of aromatic nitrogens is 2. The second-order valence-corrected chi connectivity index (χ2v) is 8.29. The molecule has 1 aromatic heterocycles. The van der Waals surface area contributed by atoms with E-state index >= 15 is 0 Å². The number of aromatic amines is 1. The first-order valence-electron chi connectivity index (χ1n) is 10.4. The Bertz CT molecular complexity index is 1420. The van der Waals surface area contributed by atoms with Gasteiger partial charge >= 0.3 is 0 Å². The third kappa shape index (κ3) is 4.54. The van der Waals surface area contributed by atoms with Gasteiger partial charge in [0.25, 0.3) is 0 Å². The van der Waals surface area contributed by atoms with Crippen LogP contribution in [0.1, 0.15) is 11.1 Å². The topological polar surface area (TPSA) is 71.5 Å².